The monoisotopic (exact) mass is 236 g/mol. The van der Waals surface area contributed by atoms with Gasteiger partial charge in [0.1, 0.15) is 0 Å². The smallest absolute Gasteiger partial charge is 0.164 e. The highest BCUT2D eigenvalue weighted by Crippen LogP contribution is 2.20. The minimum absolute atomic E-state index is 0.0214. The van der Waals surface area contributed by atoms with Crippen LogP contribution in [0.1, 0.15) is 11.7 Å². The standard InChI is InChI=1S/C8H7BrF2O/c9-4-7(12)5-2-1-3-6(10)8(5)11/h1-3,7,12H,4H2. The summed E-state index contributed by atoms with van der Waals surface area (Å²) in [5.41, 5.74) is -0.0214. The fourth-order valence-electron chi connectivity index (χ4n) is 0.861. The second-order valence-electron chi connectivity index (χ2n) is 2.31. The van der Waals surface area contributed by atoms with Crippen molar-refractivity contribution in [1.82, 2.24) is 0 Å². The predicted octanol–water partition coefficient (Wildman–Crippen LogP) is 2.39. The maximum Gasteiger partial charge on any atom is 0.164 e. The topological polar surface area (TPSA) is 20.2 Å². The van der Waals surface area contributed by atoms with Gasteiger partial charge < -0.3 is 5.11 Å². The lowest BCUT2D eigenvalue weighted by molar-refractivity contribution is 0.198. The average molecular weight is 237 g/mol. The molecule has 0 radical (unpaired) electrons. The Morgan fingerprint density at radius 3 is 2.67 bits per heavy atom. The third kappa shape index (κ3) is 1.81. The SMILES string of the molecule is OC(CBr)c1cccc(F)c1F. The molecule has 1 aromatic carbocycles. The van der Waals surface area contributed by atoms with E-state index in [9.17, 15) is 13.9 Å². The molecule has 0 aliphatic carbocycles. The fraction of sp³-hybridized carbons (Fsp3) is 0.250. The van der Waals surface area contributed by atoms with Crippen molar-refractivity contribution >= 4 is 15.9 Å². The van der Waals surface area contributed by atoms with Crippen molar-refractivity contribution in [2.24, 2.45) is 0 Å². The van der Waals surface area contributed by atoms with E-state index in [1.807, 2.05) is 0 Å². The molecule has 66 valence electrons. The lowest BCUT2D eigenvalue weighted by Crippen LogP contribution is -2.02. The Kier molecular flexibility index (Phi) is 3.17. The number of halogens is 3. The van der Waals surface area contributed by atoms with Crippen LogP contribution < -0.4 is 0 Å². The average Bonchev–Trinajstić information content (AvgIpc) is 2.08. The summed E-state index contributed by atoms with van der Waals surface area (Å²) >= 11 is 2.97. The Morgan fingerprint density at radius 2 is 2.08 bits per heavy atom. The maximum absolute atomic E-state index is 12.9. The second kappa shape index (κ2) is 3.96. The van der Waals surface area contributed by atoms with Crippen molar-refractivity contribution < 1.29 is 13.9 Å². The number of hydrogen-bond donors (Lipinski definition) is 1. The van der Waals surface area contributed by atoms with E-state index in [-0.39, 0.29) is 10.9 Å². The summed E-state index contributed by atoms with van der Waals surface area (Å²) in [6, 6.07) is 3.73. The van der Waals surface area contributed by atoms with Crippen LogP contribution in [0.4, 0.5) is 8.78 Å². The van der Waals surface area contributed by atoms with Crippen LogP contribution in [0, 0.1) is 11.6 Å². The molecule has 0 spiro atoms. The van der Waals surface area contributed by atoms with Crippen LogP contribution in [0.2, 0.25) is 0 Å². The summed E-state index contributed by atoms with van der Waals surface area (Å²) in [4.78, 5) is 0. The Morgan fingerprint density at radius 1 is 1.42 bits per heavy atom. The first-order chi connectivity index (χ1) is 5.66. The summed E-state index contributed by atoms with van der Waals surface area (Å²) in [6.07, 6.45) is -0.999. The first-order valence-corrected chi connectivity index (χ1v) is 4.47. The summed E-state index contributed by atoms with van der Waals surface area (Å²) in [5, 5.41) is 9.37. The van der Waals surface area contributed by atoms with E-state index < -0.39 is 17.7 Å². The Hall–Kier alpha value is -0.480. The zero-order valence-corrected chi connectivity index (χ0v) is 7.68. The molecule has 1 aromatic rings. The van der Waals surface area contributed by atoms with E-state index in [0.717, 1.165) is 6.07 Å². The van der Waals surface area contributed by atoms with Crippen LogP contribution in [0.5, 0.6) is 0 Å². The van der Waals surface area contributed by atoms with Gasteiger partial charge >= 0.3 is 0 Å². The van der Waals surface area contributed by atoms with Gasteiger partial charge in [0.25, 0.3) is 0 Å². The van der Waals surface area contributed by atoms with Crippen LogP contribution in [0.15, 0.2) is 18.2 Å². The fourth-order valence-corrected chi connectivity index (χ4v) is 1.21. The molecule has 0 heterocycles. The highest BCUT2D eigenvalue weighted by Gasteiger charge is 2.13. The van der Waals surface area contributed by atoms with E-state index in [1.165, 1.54) is 12.1 Å². The summed E-state index contributed by atoms with van der Waals surface area (Å²) in [5.74, 6) is -1.92. The van der Waals surface area contributed by atoms with Gasteiger partial charge in [-0.2, -0.15) is 0 Å². The normalized spacial score (nSPS) is 13.0. The molecule has 0 aliphatic heterocycles. The van der Waals surface area contributed by atoms with Gasteiger partial charge in [-0.25, -0.2) is 8.78 Å². The van der Waals surface area contributed by atoms with Crippen molar-refractivity contribution in [1.29, 1.82) is 0 Å². The molecule has 0 aliphatic rings. The summed E-state index contributed by atoms with van der Waals surface area (Å²) < 4.78 is 25.5. The lowest BCUT2D eigenvalue weighted by Gasteiger charge is -2.07. The van der Waals surface area contributed by atoms with Gasteiger partial charge in [0.2, 0.25) is 0 Å². The molecule has 1 atom stereocenters. The Bertz CT molecular complexity index is 278. The highest BCUT2D eigenvalue weighted by molar-refractivity contribution is 9.09. The summed E-state index contributed by atoms with van der Waals surface area (Å²) in [7, 11) is 0. The minimum Gasteiger partial charge on any atom is -0.387 e. The van der Waals surface area contributed by atoms with Crippen LogP contribution in [0.3, 0.4) is 0 Å². The molecule has 0 bridgehead atoms. The molecule has 0 aromatic heterocycles. The van der Waals surface area contributed by atoms with Crippen LogP contribution in [-0.2, 0) is 0 Å². The number of aliphatic hydroxyl groups excluding tert-OH is 1. The molecular formula is C8H7BrF2O. The molecule has 0 saturated heterocycles. The largest absolute Gasteiger partial charge is 0.387 e. The lowest BCUT2D eigenvalue weighted by atomic mass is 10.1. The molecule has 1 rings (SSSR count). The molecule has 0 saturated carbocycles. The molecule has 4 heteroatoms. The number of aliphatic hydroxyl groups is 1. The van der Waals surface area contributed by atoms with Crippen LogP contribution in [0.25, 0.3) is 0 Å². The molecule has 12 heavy (non-hydrogen) atoms. The van der Waals surface area contributed by atoms with Crippen molar-refractivity contribution in [2.45, 2.75) is 6.10 Å². The van der Waals surface area contributed by atoms with E-state index in [1.54, 1.807) is 0 Å². The first-order valence-electron chi connectivity index (χ1n) is 3.34. The van der Waals surface area contributed by atoms with Gasteiger partial charge in [0.05, 0.1) is 6.10 Å². The minimum atomic E-state index is -0.999. The molecule has 1 N–H and O–H groups in total. The van der Waals surface area contributed by atoms with Gasteiger partial charge in [-0.3, -0.25) is 0 Å². The number of benzene rings is 1. The zero-order chi connectivity index (χ0) is 9.14. The zero-order valence-electron chi connectivity index (χ0n) is 6.10. The van der Waals surface area contributed by atoms with Crippen molar-refractivity contribution in [3.05, 3.63) is 35.4 Å². The van der Waals surface area contributed by atoms with Crippen LogP contribution >= 0.6 is 15.9 Å². The second-order valence-corrected chi connectivity index (χ2v) is 2.96. The van der Waals surface area contributed by atoms with Crippen molar-refractivity contribution in [3.8, 4) is 0 Å². The molecule has 1 unspecified atom stereocenters. The number of hydrogen-bond acceptors (Lipinski definition) is 1. The summed E-state index contributed by atoms with van der Waals surface area (Å²) in [6.45, 7) is 0. The van der Waals surface area contributed by atoms with Gasteiger partial charge in [0, 0.05) is 10.9 Å². The number of alkyl halides is 1. The van der Waals surface area contributed by atoms with E-state index >= 15 is 0 Å². The first kappa shape index (κ1) is 9.61. The molecule has 1 nitrogen and oxygen atoms in total. The molecular weight excluding hydrogens is 230 g/mol. The predicted molar refractivity (Wildman–Crippen MR) is 45.1 cm³/mol. The van der Waals surface area contributed by atoms with Gasteiger partial charge in [-0.05, 0) is 6.07 Å². The third-order valence-corrected chi connectivity index (χ3v) is 2.10. The van der Waals surface area contributed by atoms with E-state index in [0.29, 0.717) is 0 Å². The van der Waals surface area contributed by atoms with Crippen LogP contribution in [-0.4, -0.2) is 10.4 Å². The third-order valence-electron chi connectivity index (χ3n) is 1.49. The van der Waals surface area contributed by atoms with Gasteiger partial charge in [-0.15, -0.1) is 0 Å². The molecule has 0 fully saturated rings. The Balaban J connectivity index is 3.07. The van der Waals surface area contributed by atoms with Crippen molar-refractivity contribution in [2.75, 3.05) is 5.33 Å². The Labute approximate surface area is 77.2 Å². The highest BCUT2D eigenvalue weighted by atomic mass is 79.9. The molecule has 0 amide bonds. The number of rotatable bonds is 2. The quantitative estimate of drug-likeness (QED) is 0.783. The van der Waals surface area contributed by atoms with Gasteiger partial charge in [-0.1, -0.05) is 28.1 Å². The van der Waals surface area contributed by atoms with E-state index in [2.05, 4.69) is 15.9 Å². The van der Waals surface area contributed by atoms with E-state index in [4.69, 9.17) is 0 Å². The van der Waals surface area contributed by atoms with Gasteiger partial charge in [0.15, 0.2) is 11.6 Å². The van der Waals surface area contributed by atoms with Crippen molar-refractivity contribution in [3.63, 3.8) is 0 Å². The maximum atomic E-state index is 12.9.